The maximum absolute atomic E-state index is 13.1. The molecular weight excluding hydrogens is 434 g/mol. The van der Waals surface area contributed by atoms with Gasteiger partial charge in [0.2, 0.25) is 15.9 Å². The van der Waals surface area contributed by atoms with Crippen molar-refractivity contribution in [2.75, 3.05) is 39.3 Å². The fraction of sp³-hybridized carbons (Fsp3) is 0.577. The molecule has 0 aliphatic carbocycles. The number of sulfonamides is 1. The van der Waals surface area contributed by atoms with Crippen LogP contribution in [0.25, 0.3) is 10.8 Å². The quantitative estimate of drug-likeness (QED) is 0.594. The summed E-state index contributed by atoms with van der Waals surface area (Å²) in [6, 6.07) is 13.0. The molecule has 0 saturated carbocycles. The lowest BCUT2D eigenvalue weighted by atomic mass is 9.97. The van der Waals surface area contributed by atoms with Crippen LogP contribution in [0.1, 0.15) is 45.4 Å². The molecule has 2 aliphatic heterocycles. The molecular formula is C26H37N3O3S. The van der Waals surface area contributed by atoms with E-state index in [0.29, 0.717) is 37.4 Å². The molecule has 7 heteroatoms. The lowest BCUT2D eigenvalue weighted by molar-refractivity contribution is -0.126. The lowest BCUT2D eigenvalue weighted by Crippen LogP contribution is -2.43. The van der Waals surface area contributed by atoms with Gasteiger partial charge in [0.25, 0.3) is 0 Å². The highest BCUT2D eigenvalue weighted by Crippen LogP contribution is 2.26. The van der Waals surface area contributed by atoms with Gasteiger partial charge >= 0.3 is 0 Å². The summed E-state index contributed by atoms with van der Waals surface area (Å²) < 4.78 is 27.8. The fourth-order valence-corrected chi connectivity index (χ4v) is 6.65. The molecule has 1 unspecified atom stereocenters. The summed E-state index contributed by atoms with van der Waals surface area (Å²) in [5.74, 6) is 0.773. The fourth-order valence-electron chi connectivity index (χ4n) is 5.14. The van der Waals surface area contributed by atoms with Crippen molar-refractivity contribution in [2.45, 2.75) is 50.3 Å². The number of nitrogens with zero attached hydrogens (tertiary/aromatic N) is 2. The van der Waals surface area contributed by atoms with Crippen molar-refractivity contribution in [1.82, 2.24) is 14.5 Å². The number of amides is 1. The smallest absolute Gasteiger partial charge is 0.243 e. The molecule has 0 aromatic heterocycles. The van der Waals surface area contributed by atoms with Gasteiger partial charge in [-0.25, -0.2) is 8.42 Å². The van der Waals surface area contributed by atoms with Gasteiger partial charge in [0, 0.05) is 32.1 Å². The Hall–Kier alpha value is -1.96. The molecule has 1 atom stereocenters. The van der Waals surface area contributed by atoms with Gasteiger partial charge in [-0.05, 0) is 80.4 Å². The Kier molecular flexibility index (Phi) is 8.04. The van der Waals surface area contributed by atoms with Crippen LogP contribution < -0.4 is 5.32 Å². The van der Waals surface area contributed by atoms with Gasteiger partial charge in [-0.15, -0.1) is 0 Å². The van der Waals surface area contributed by atoms with E-state index in [-0.39, 0.29) is 11.8 Å². The van der Waals surface area contributed by atoms with Gasteiger partial charge in [-0.2, -0.15) is 4.31 Å². The van der Waals surface area contributed by atoms with Crippen LogP contribution in [0.15, 0.2) is 47.4 Å². The SMILES string of the molecule is CC1CCCN(CCCCNC(=O)C2CCN(S(=O)(=O)c3ccc4ccccc4c3)CC2)C1. The zero-order chi connectivity index (χ0) is 23.3. The summed E-state index contributed by atoms with van der Waals surface area (Å²) >= 11 is 0. The molecule has 2 fully saturated rings. The first-order valence-corrected chi connectivity index (χ1v) is 13.9. The van der Waals surface area contributed by atoms with Gasteiger partial charge < -0.3 is 10.2 Å². The van der Waals surface area contributed by atoms with Crippen molar-refractivity contribution < 1.29 is 13.2 Å². The molecule has 1 N–H and O–H groups in total. The van der Waals surface area contributed by atoms with E-state index in [1.54, 1.807) is 12.1 Å². The third-order valence-corrected chi connectivity index (χ3v) is 9.02. The summed E-state index contributed by atoms with van der Waals surface area (Å²) in [6.45, 7) is 7.33. The summed E-state index contributed by atoms with van der Waals surface area (Å²) in [5, 5.41) is 5.02. The summed E-state index contributed by atoms with van der Waals surface area (Å²) in [5.41, 5.74) is 0. The molecule has 0 radical (unpaired) electrons. The number of hydrogen-bond acceptors (Lipinski definition) is 4. The Labute approximate surface area is 198 Å². The number of hydrogen-bond donors (Lipinski definition) is 1. The third kappa shape index (κ3) is 6.14. The molecule has 2 aromatic rings. The van der Waals surface area contributed by atoms with E-state index in [2.05, 4.69) is 17.1 Å². The Bertz CT molecular complexity index is 1050. The van der Waals surface area contributed by atoms with E-state index in [1.165, 1.54) is 30.2 Å². The predicted molar refractivity (Wildman–Crippen MR) is 133 cm³/mol. The molecule has 6 nitrogen and oxygen atoms in total. The molecule has 1 amide bonds. The largest absolute Gasteiger partial charge is 0.356 e. The zero-order valence-electron chi connectivity index (χ0n) is 19.7. The predicted octanol–water partition coefficient (Wildman–Crippen LogP) is 3.87. The van der Waals surface area contributed by atoms with Gasteiger partial charge in [-0.3, -0.25) is 4.79 Å². The van der Waals surface area contributed by atoms with E-state index in [1.807, 2.05) is 30.3 Å². The van der Waals surface area contributed by atoms with Crippen LogP contribution >= 0.6 is 0 Å². The van der Waals surface area contributed by atoms with Crippen LogP contribution in [0, 0.1) is 11.8 Å². The molecule has 2 heterocycles. The summed E-state index contributed by atoms with van der Waals surface area (Å²) in [6.07, 6.45) is 5.89. The molecule has 180 valence electrons. The van der Waals surface area contributed by atoms with Crippen molar-refractivity contribution >= 4 is 26.7 Å². The highest BCUT2D eigenvalue weighted by atomic mass is 32.2. The number of piperidine rings is 2. The van der Waals surface area contributed by atoms with Crippen molar-refractivity contribution in [2.24, 2.45) is 11.8 Å². The first kappa shape index (κ1) is 24.2. The second-order valence-electron chi connectivity index (χ2n) is 9.73. The van der Waals surface area contributed by atoms with E-state index >= 15 is 0 Å². The summed E-state index contributed by atoms with van der Waals surface area (Å²) in [4.78, 5) is 15.5. The average molecular weight is 472 g/mol. The third-order valence-electron chi connectivity index (χ3n) is 7.12. The second-order valence-corrected chi connectivity index (χ2v) is 11.7. The highest BCUT2D eigenvalue weighted by molar-refractivity contribution is 7.89. The first-order valence-electron chi connectivity index (χ1n) is 12.4. The standard InChI is InChI=1S/C26H37N3O3S/c1-21-7-6-16-28(20-21)15-5-4-14-27-26(30)23-12-17-29(18-13-23)33(31,32)25-11-10-22-8-2-3-9-24(22)19-25/h2-3,8-11,19,21,23H,4-7,12-18,20H2,1H3,(H,27,30). The van der Waals surface area contributed by atoms with Crippen LogP contribution in [0.4, 0.5) is 0 Å². The normalized spacial score (nSPS) is 21.3. The van der Waals surface area contributed by atoms with Crippen LogP contribution in [-0.2, 0) is 14.8 Å². The number of rotatable bonds is 8. The molecule has 33 heavy (non-hydrogen) atoms. The lowest BCUT2D eigenvalue weighted by Gasteiger charge is -2.31. The number of carbonyl (C=O) groups excluding carboxylic acids is 1. The van der Waals surface area contributed by atoms with E-state index in [9.17, 15) is 13.2 Å². The Balaban J connectivity index is 1.20. The maximum atomic E-state index is 13.1. The minimum absolute atomic E-state index is 0.0735. The van der Waals surface area contributed by atoms with Gasteiger partial charge in [0.1, 0.15) is 0 Å². The van der Waals surface area contributed by atoms with Crippen molar-refractivity contribution in [1.29, 1.82) is 0 Å². The molecule has 4 rings (SSSR count). The average Bonchev–Trinajstić information content (AvgIpc) is 2.83. The number of carbonyl (C=O) groups is 1. The molecule has 0 bridgehead atoms. The topological polar surface area (TPSA) is 69.7 Å². The van der Waals surface area contributed by atoms with Crippen LogP contribution in [-0.4, -0.2) is 62.8 Å². The number of likely N-dealkylation sites (tertiary alicyclic amines) is 1. The van der Waals surface area contributed by atoms with Crippen molar-refractivity contribution in [3.63, 3.8) is 0 Å². The van der Waals surface area contributed by atoms with Gasteiger partial charge in [-0.1, -0.05) is 37.3 Å². The zero-order valence-corrected chi connectivity index (χ0v) is 20.5. The number of benzene rings is 2. The monoisotopic (exact) mass is 471 g/mol. The Morgan fingerprint density at radius 1 is 1.00 bits per heavy atom. The van der Waals surface area contributed by atoms with E-state index in [4.69, 9.17) is 0 Å². The molecule has 2 aromatic carbocycles. The van der Waals surface area contributed by atoms with E-state index < -0.39 is 10.0 Å². The second kappa shape index (κ2) is 11.0. The van der Waals surface area contributed by atoms with Crippen LogP contribution in [0.2, 0.25) is 0 Å². The van der Waals surface area contributed by atoms with Crippen molar-refractivity contribution in [3.8, 4) is 0 Å². The minimum Gasteiger partial charge on any atom is -0.356 e. The number of nitrogens with one attached hydrogen (secondary N) is 1. The van der Waals surface area contributed by atoms with Crippen molar-refractivity contribution in [3.05, 3.63) is 42.5 Å². The Morgan fingerprint density at radius 2 is 1.76 bits per heavy atom. The maximum Gasteiger partial charge on any atom is 0.243 e. The van der Waals surface area contributed by atoms with Gasteiger partial charge in [0.15, 0.2) is 0 Å². The minimum atomic E-state index is -3.54. The van der Waals surface area contributed by atoms with E-state index in [0.717, 1.165) is 36.1 Å². The Morgan fingerprint density at radius 3 is 2.52 bits per heavy atom. The number of fused-ring (bicyclic) bond motifs is 1. The molecule has 2 aliphatic rings. The molecule has 0 spiro atoms. The summed E-state index contributed by atoms with van der Waals surface area (Å²) in [7, 11) is -3.54. The number of unbranched alkanes of at least 4 members (excludes halogenated alkanes) is 1. The van der Waals surface area contributed by atoms with Crippen LogP contribution in [0.5, 0.6) is 0 Å². The highest BCUT2D eigenvalue weighted by Gasteiger charge is 2.32. The van der Waals surface area contributed by atoms with Crippen LogP contribution in [0.3, 0.4) is 0 Å². The first-order chi connectivity index (χ1) is 15.9. The van der Waals surface area contributed by atoms with Gasteiger partial charge in [0.05, 0.1) is 4.90 Å². The molecule has 2 saturated heterocycles.